The quantitative estimate of drug-likeness (QED) is 0.831. The zero-order valence-electron chi connectivity index (χ0n) is 9.98. The number of nitrogens with two attached hydrogens (primary N) is 1. The molecule has 1 aromatic rings. The number of rotatable bonds is 5. The van der Waals surface area contributed by atoms with Gasteiger partial charge < -0.3 is 10.6 Å². The largest absolute Gasteiger partial charge is 0.353 e. The van der Waals surface area contributed by atoms with E-state index in [9.17, 15) is 0 Å². The molecule has 2 rings (SSSR count). The highest BCUT2D eigenvalue weighted by molar-refractivity contribution is 14.1. The van der Waals surface area contributed by atoms with Gasteiger partial charge in [0.25, 0.3) is 0 Å². The lowest BCUT2D eigenvalue weighted by Gasteiger charge is -2.30. The maximum Gasteiger partial charge on any atom is 0.145 e. The second-order valence-corrected chi connectivity index (χ2v) is 5.63. The zero-order valence-corrected chi connectivity index (χ0v) is 12.1. The van der Waals surface area contributed by atoms with E-state index in [2.05, 4.69) is 37.5 Å². The number of anilines is 1. The Labute approximate surface area is 116 Å². The Morgan fingerprint density at radius 3 is 2.82 bits per heavy atom. The van der Waals surface area contributed by atoms with Gasteiger partial charge in [-0.2, -0.15) is 0 Å². The van der Waals surface area contributed by atoms with Crippen molar-refractivity contribution in [1.82, 2.24) is 9.97 Å². The van der Waals surface area contributed by atoms with Crippen LogP contribution in [0, 0.1) is 3.57 Å². The summed E-state index contributed by atoms with van der Waals surface area (Å²) < 4.78 is 1.13. The fourth-order valence-corrected chi connectivity index (χ4v) is 3.07. The van der Waals surface area contributed by atoms with E-state index < -0.39 is 0 Å². The van der Waals surface area contributed by atoms with Crippen LogP contribution in [0.4, 0.5) is 5.82 Å². The van der Waals surface area contributed by atoms with Gasteiger partial charge in [0, 0.05) is 18.8 Å². The molecular formula is C12H19IN4. The topological polar surface area (TPSA) is 55.0 Å². The fourth-order valence-electron chi connectivity index (χ4n) is 2.46. The first-order valence-corrected chi connectivity index (χ1v) is 7.33. The Bertz CT molecular complexity index is 352. The van der Waals surface area contributed by atoms with Crippen molar-refractivity contribution in [3.8, 4) is 0 Å². The highest BCUT2D eigenvalue weighted by Crippen LogP contribution is 2.29. The number of hydrogen-bond acceptors (Lipinski definition) is 4. The zero-order chi connectivity index (χ0) is 12.1. The Hall–Kier alpha value is -0.430. The van der Waals surface area contributed by atoms with E-state index in [-0.39, 0.29) is 0 Å². The molecule has 0 bridgehead atoms. The molecule has 0 radical (unpaired) electrons. The molecule has 4 nitrogen and oxygen atoms in total. The van der Waals surface area contributed by atoms with E-state index in [0.29, 0.717) is 6.04 Å². The molecule has 94 valence electrons. The van der Waals surface area contributed by atoms with Gasteiger partial charge in [-0.3, -0.25) is 0 Å². The normalized spacial score (nSPS) is 16.4. The van der Waals surface area contributed by atoms with Crippen LogP contribution >= 0.6 is 22.6 Å². The molecule has 0 aromatic carbocycles. The third-order valence-electron chi connectivity index (χ3n) is 3.29. The lowest BCUT2D eigenvalue weighted by atomic mass is 10.2. The standard InChI is InChI=1S/C12H19IN4/c13-11-8-15-9-16-12(11)17(7-3-6-14)10-4-1-2-5-10/h8-10H,1-7,14H2. The van der Waals surface area contributed by atoms with Gasteiger partial charge in [0.2, 0.25) is 0 Å². The van der Waals surface area contributed by atoms with Gasteiger partial charge in [-0.05, 0) is 48.4 Å². The molecule has 0 aliphatic heterocycles. The minimum atomic E-state index is 0.643. The molecular weight excluding hydrogens is 327 g/mol. The number of halogens is 1. The van der Waals surface area contributed by atoms with Gasteiger partial charge in [0.15, 0.2) is 0 Å². The maximum absolute atomic E-state index is 5.63. The van der Waals surface area contributed by atoms with E-state index in [1.165, 1.54) is 25.7 Å². The molecule has 0 spiro atoms. The van der Waals surface area contributed by atoms with Crippen LogP contribution < -0.4 is 10.6 Å². The van der Waals surface area contributed by atoms with Crippen LogP contribution in [-0.2, 0) is 0 Å². The van der Waals surface area contributed by atoms with Gasteiger partial charge >= 0.3 is 0 Å². The van der Waals surface area contributed by atoms with E-state index in [4.69, 9.17) is 5.73 Å². The van der Waals surface area contributed by atoms with Crippen LogP contribution in [0.3, 0.4) is 0 Å². The van der Waals surface area contributed by atoms with Crippen molar-refractivity contribution in [2.24, 2.45) is 5.73 Å². The third kappa shape index (κ3) is 3.28. The first-order chi connectivity index (χ1) is 8.33. The molecule has 0 saturated heterocycles. The fraction of sp³-hybridized carbons (Fsp3) is 0.667. The molecule has 0 amide bonds. The molecule has 1 heterocycles. The van der Waals surface area contributed by atoms with Crippen molar-refractivity contribution < 1.29 is 0 Å². The Morgan fingerprint density at radius 1 is 1.41 bits per heavy atom. The van der Waals surface area contributed by atoms with Crippen LogP contribution in [0.5, 0.6) is 0 Å². The minimum Gasteiger partial charge on any atom is -0.353 e. The highest BCUT2D eigenvalue weighted by atomic mass is 127. The van der Waals surface area contributed by atoms with Crippen LogP contribution in [0.25, 0.3) is 0 Å². The van der Waals surface area contributed by atoms with E-state index >= 15 is 0 Å². The summed E-state index contributed by atoms with van der Waals surface area (Å²) in [6, 6.07) is 0.643. The van der Waals surface area contributed by atoms with Crippen LogP contribution in [-0.4, -0.2) is 29.1 Å². The van der Waals surface area contributed by atoms with Crippen molar-refractivity contribution in [2.75, 3.05) is 18.0 Å². The monoisotopic (exact) mass is 346 g/mol. The number of aromatic nitrogens is 2. The molecule has 1 aliphatic carbocycles. The predicted octanol–water partition coefficient (Wildman–Crippen LogP) is 2.18. The number of nitrogens with zero attached hydrogens (tertiary/aromatic N) is 3. The summed E-state index contributed by atoms with van der Waals surface area (Å²) in [6.45, 7) is 1.75. The number of hydrogen-bond donors (Lipinski definition) is 1. The van der Waals surface area contributed by atoms with Crippen molar-refractivity contribution in [3.63, 3.8) is 0 Å². The molecule has 5 heteroatoms. The SMILES string of the molecule is NCCCN(c1ncncc1I)C1CCCC1. The maximum atomic E-state index is 5.63. The highest BCUT2D eigenvalue weighted by Gasteiger charge is 2.24. The van der Waals surface area contributed by atoms with Crippen molar-refractivity contribution in [1.29, 1.82) is 0 Å². The van der Waals surface area contributed by atoms with Gasteiger partial charge in [-0.25, -0.2) is 9.97 Å². The summed E-state index contributed by atoms with van der Waals surface area (Å²) >= 11 is 2.32. The average molecular weight is 346 g/mol. The summed E-state index contributed by atoms with van der Waals surface area (Å²) in [6.07, 6.45) is 9.79. The summed E-state index contributed by atoms with van der Waals surface area (Å²) in [4.78, 5) is 10.9. The van der Waals surface area contributed by atoms with Crippen LogP contribution in [0.1, 0.15) is 32.1 Å². The minimum absolute atomic E-state index is 0.643. The Morgan fingerprint density at radius 2 is 2.18 bits per heavy atom. The third-order valence-corrected chi connectivity index (χ3v) is 4.05. The molecule has 0 atom stereocenters. The second-order valence-electron chi connectivity index (χ2n) is 4.47. The van der Waals surface area contributed by atoms with Crippen LogP contribution in [0.2, 0.25) is 0 Å². The van der Waals surface area contributed by atoms with Crippen molar-refractivity contribution in [2.45, 2.75) is 38.1 Å². The summed E-state index contributed by atoms with van der Waals surface area (Å²) in [5, 5.41) is 0. The molecule has 17 heavy (non-hydrogen) atoms. The van der Waals surface area contributed by atoms with E-state index in [1.54, 1.807) is 6.33 Å². The molecule has 1 fully saturated rings. The Kier molecular flexibility index (Phi) is 4.97. The Balaban J connectivity index is 2.16. The lowest BCUT2D eigenvalue weighted by Crippen LogP contribution is -2.36. The second kappa shape index (κ2) is 6.49. The molecule has 0 unspecified atom stereocenters. The van der Waals surface area contributed by atoms with Crippen molar-refractivity contribution >= 4 is 28.4 Å². The van der Waals surface area contributed by atoms with E-state index in [0.717, 1.165) is 28.9 Å². The van der Waals surface area contributed by atoms with Gasteiger partial charge in [-0.15, -0.1) is 0 Å². The predicted molar refractivity (Wildman–Crippen MR) is 78.0 cm³/mol. The average Bonchev–Trinajstić information content (AvgIpc) is 2.85. The molecule has 1 aromatic heterocycles. The molecule has 2 N–H and O–H groups in total. The van der Waals surface area contributed by atoms with Crippen molar-refractivity contribution in [3.05, 3.63) is 16.1 Å². The molecule has 1 aliphatic rings. The van der Waals surface area contributed by atoms with Gasteiger partial charge in [-0.1, -0.05) is 12.8 Å². The summed E-state index contributed by atoms with van der Waals surface area (Å²) in [5.41, 5.74) is 5.63. The summed E-state index contributed by atoms with van der Waals surface area (Å²) in [7, 11) is 0. The lowest BCUT2D eigenvalue weighted by molar-refractivity contribution is 0.585. The first-order valence-electron chi connectivity index (χ1n) is 6.25. The summed E-state index contributed by atoms with van der Waals surface area (Å²) in [5.74, 6) is 1.08. The van der Waals surface area contributed by atoms with E-state index in [1.807, 2.05) is 6.20 Å². The van der Waals surface area contributed by atoms with Gasteiger partial charge in [0.1, 0.15) is 12.1 Å². The van der Waals surface area contributed by atoms with Gasteiger partial charge in [0.05, 0.1) is 3.57 Å². The smallest absolute Gasteiger partial charge is 0.145 e. The van der Waals surface area contributed by atoms with Crippen LogP contribution in [0.15, 0.2) is 12.5 Å². The molecule has 1 saturated carbocycles. The first kappa shape index (κ1) is 13.0.